The van der Waals surface area contributed by atoms with E-state index in [0.717, 1.165) is 0 Å². The Morgan fingerprint density at radius 3 is 2.67 bits per heavy atom. The number of phenolic OH excluding ortho intramolecular Hbond substituents is 1. The summed E-state index contributed by atoms with van der Waals surface area (Å²) in [5, 5.41) is 13.7. The van der Waals surface area contributed by atoms with Gasteiger partial charge in [-0.15, -0.1) is 4.91 Å². The molecule has 0 spiro atoms. The molecular formula is C11H7NO3. The van der Waals surface area contributed by atoms with Crippen LogP contribution >= 0.6 is 0 Å². The Balaban J connectivity index is 2.93. The molecule has 0 heterocycles. The summed E-state index contributed by atoms with van der Waals surface area (Å²) < 4.78 is 0. The molecule has 0 saturated carbocycles. The number of hydrogen-bond donors (Lipinski definition) is 1. The number of aromatic hydroxyl groups is 1. The molecule has 0 aliphatic rings. The van der Waals surface area contributed by atoms with Crippen LogP contribution in [0, 0.1) is 4.91 Å². The van der Waals surface area contributed by atoms with Crippen molar-refractivity contribution >= 4 is 22.7 Å². The smallest absolute Gasteiger partial charge is 0.156 e. The lowest BCUT2D eigenvalue weighted by Crippen LogP contribution is -1.84. The van der Waals surface area contributed by atoms with E-state index in [9.17, 15) is 14.8 Å². The van der Waals surface area contributed by atoms with Crippen molar-refractivity contribution < 1.29 is 9.90 Å². The van der Waals surface area contributed by atoms with E-state index in [1.807, 2.05) is 0 Å². The van der Waals surface area contributed by atoms with Crippen molar-refractivity contribution in [2.75, 3.05) is 0 Å². The fraction of sp³-hybridized carbons (Fsp3) is 0. The highest BCUT2D eigenvalue weighted by Gasteiger charge is 2.11. The van der Waals surface area contributed by atoms with E-state index in [1.54, 1.807) is 24.3 Å². The Hall–Kier alpha value is -2.23. The molecule has 2 aromatic carbocycles. The first-order chi connectivity index (χ1) is 7.27. The van der Waals surface area contributed by atoms with Crippen molar-refractivity contribution in [3.05, 3.63) is 40.8 Å². The second-order valence-electron chi connectivity index (χ2n) is 3.09. The summed E-state index contributed by atoms with van der Waals surface area (Å²) in [5.74, 6) is -0.197. The number of phenols is 1. The molecule has 2 rings (SSSR count). The number of nitroso groups, excluding NO2 is 1. The van der Waals surface area contributed by atoms with Crippen molar-refractivity contribution in [1.29, 1.82) is 0 Å². The molecule has 4 nitrogen and oxygen atoms in total. The standard InChI is InChI=1S/C11H7NO3/c13-6-9-10(12-15)5-7-3-1-2-4-8(7)11(9)14/h1-6,14H. The predicted octanol–water partition coefficient (Wildman–Crippen LogP) is 2.76. The zero-order valence-corrected chi connectivity index (χ0v) is 7.68. The third-order valence-electron chi connectivity index (χ3n) is 2.26. The molecule has 74 valence electrons. The molecule has 0 atom stereocenters. The summed E-state index contributed by atoms with van der Waals surface area (Å²) in [6, 6.07) is 8.40. The van der Waals surface area contributed by atoms with Gasteiger partial charge in [0.25, 0.3) is 0 Å². The van der Waals surface area contributed by atoms with Crippen molar-refractivity contribution in [1.82, 2.24) is 0 Å². The van der Waals surface area contributed by atoms with Gasteiger partial charge in [-0.1, -0.05) is 24.3 Å². The van der Waals surface area contributed by atoms with Gasteiger partial charge in [-0.2, -0.15) is 0 Å². The average molecular weight is 201 g/mol. The Bertz CT molecular complexity index is 549. The van der Waals surface area contributed by atoms with Gasteiger partial charge in [0, 0.05) is 5.39 Å². The zero-order chi connectivity index (χ0) is 10.8. The molecule has 0 radical (unpaired) electrons. The molecule has 0 aliphatic heterocycles. The average Bonchev–Trinajstić information content (AvgIpc) is 2.29. The molecule has 0 unspecified atom stereocenters. The Morgan fingerprint density at radius 1 is 1.27 bits per heavy atom. The van der Waals surface area contributed by atoms with Gasteiger partial charge in [0.1, 0.15) is 11.4 Å². The van der Waals surface area contributed by atoms with Crippen LogP contribution in [-0.4, -0.2) is 11.4 Å². The van der Waals surface area contributed by atoms with Gasteiger partial charge < -0.3 is 5.11 Å². The maximum Gasteiger partial charge on any atom is 0.156 e. The SMILES string of the molecule is O=Cc1c(N=O)cc2ccccc2c1O. The third kappa shape index (κ3) is 1.36. The van der Waals surface area contributed by atoms with E-state index in [-0.39, 0.29) is 17.0 Å². The summed E-state index contributed by atoms with van der Waals surface area (Å²) in [4.78, 5) is 21.2. The normalized spacial score (nSPS) is 10.1. The first-order valence-electron chi connectivity index (χ1n) is 4.31. The molecule has 0 aromatic heterocycles. The van der Waals surface area contributed by atoms with E-state index in [2.05, 4.69) is 5.18 Å². The Morgan fingerprint density at radius 2 is 2.00 bits per heavy atom. The summed E-state index contributed by atoms with van der Waals surface area (Å²) >= 11 is 0. The van der Waals surface area contributed by atoms with Gasteiger partial charge in [0.2, 0.25) is 0 Å². The highest BCUT2D eigenvalue weighted by atomic mass is 16.3. The van der Waals surface area contributed by atoms with E-state index >= 15 is 0 Å². The highest BCUT2D eigenvalue weighted by molar-refractivity contribution is 6.00. The van der Waals surface area contributed by atoms with E-state index in [4.69, 9.17) is 0 Å². The number of carbonyl (C=O) groups excluding carboxylic acids is 1. The van der Waals surface area contributed by atoms with Crippen LogP contribution in [0.25, 0.3) is 10.8 Å². The summed E-state index contributed by atoms with van der Waals surface area (Å²) in [6.45, 7) is 0. The molecule has 2 aromatic rings. The summed E-state index contributed by atoms with van der Waals surface area (Å²) in [7, 11) is 0. The van der Waals surface area contributed by atoms with Gasteiger partial charge >= 0.3 is 0 Å². The van der Waals surface area contributed by atoms with Gasteiger partial charge in [0.05, 0.1) is 5.56 Å². The topological polar surface area (TPSA) is 66.7 Å². The van der Waals surface area contributed by atoms with Crippen LogP contribution in [0.15, 0.2) is 35.5 Å². The van der Waals surface area contributed by atoms with Crippen LogP contribution in [0.5, 0.6) is 5.75 Å². The first kappa shape index (κ1) is 9.33. The summed E-state index contributed by atoms with van der Waals surface area (Å²) in [6.07, 6.45) is 0.429. The number of fused-ring (bicyclic) bond motifs is 1. The largest absolute Gasteiger partial charge is 0.506 e. The van der Waals surface area contributed by atoms with Crippen LogP contribution in [0.2, 0.25) is 0 Å². The fourth-order valence-corrected chi connectivity index (χ4v) is 1.52. The lowest BCUT2D eigenvalue weighted by atomic mass is 10.0. The Labute approximate surface area is 85.1 Å². The van der Waals surface area contributed by atoms with Crippen molar-refractivity contribution in [2.24, 2.45) is 5.18 Å². The molecule has 0 aliphatic carbocycles. The number of carbonyl (C=O) groups is 1. The maximum atomic E-state index is 10.7. The van der Waals surface area contributed by atoms with Crippen LogP contribution in [-0.2, 0) is 0 Å². The second kappa shape index (κ2) is 3.49. The van der Waals surface area contributed by atoms with Crippen LogP contribution < -0.4 is 0 Å². The quantitative estimate of drug-likeness (QED) is 0.600. The number of rotatable bonds is 2. The number of benzene rings is 2. The molecule has 1 N–H and O–H groups in total. The van der Waals surface area contributed by atoms with Crippen LogP contribution in [0.3, 0.4) is 0 Å². The lowest BCUT2D eigenvalue weighted by molar-refractivity contribution is 0.112. The van der Waals surface area contributed by atoms with Crippen molar-refractivity contribution in [2.45, 2.75) is 0 Å². The summed E-state index contributed by atoms with van der Waals surface area (Å²) in [5.41, 5.74) is -0.107. The Kier molecular flexibility index (Phi) is 2.17. The lowest BCUT2D eigenvalue weighted by Gasteiger charge is -2.04. The second-order valence-corrected chi connectivity index (χ2v) is 3.09. The molecule has 0 fully saturated rings. The fourth-order valence-electron chi connectivity index (χ4n) is 1.52. The van der Waals surface area contributed by atoms with Gasteiger partial charge in [-0.05, 0) is 16.6 Å². The van der Waals surface area contributed by atoms with Crippen molar-refractivity contribution in [3.8, 4) is 5.75 Å². The zero-order valence-electron chi connectivity index (χ0n) is 7.68. The van der Waals surface area contributed by atoms with E-state index < -0.39 is 0 Å². The number of hydrogen-bond acceptors (Lipinski definition) is 4. The molecular weight excluding hydrogens is 194 g/mol. The first-order valence-corrected chi connectivity index (χ1v) is 4.31. The molecule has 0 bridgehead atoms. The van der Waals surface area contributed by atoms with Crippen LogP contribution in [0.1, 0.15) is 10.4 Å². The third-order valence-corrected chi connectivity index (χ3v) is 2.26. The minimum Gasteiger partial charge on any atom is -0.506 e. The number of aldehydes is 1. The molecule has 0 saturated heterocycles. The monoisotopic (exact) mass is 201 g/mol. The number of nitrogens with zero attached hydrogens (tertiary/aromatic N) is 1. The van der Waals surface area contributed by atoms with Gasteiger partial charge in [0.15, 0.2) is 6.29 Å². The highest BCUT2D eigenvalue weighted by Crippen LogP contribution is 2.34. The van der Waals surface area contributed by atoms with Gasteiger partial charge in [-0.25, -0.2) is 0 Å². The predicted molar refractivity (Wildman–Crippen MR) is 56.5 cm³/mol. The molecule has 4 heteroatoms. The van der Waals surface area contributed by atoms with E-state index in [1.165, 1.54) is 6.07 Å². The van der Waals surface area contributed by atoms with Gasteiger partial charge in [-0.3, -0.25) is 4.79 Å². The minimum atomic E-state index is -0.197. The minimum absolute atomic E-state index is 0.0406. The van der Waals surface area contributed by atoms with Crippen LogP contribution in [0.4, 0.5) is 5.69 Å². The van der Waals surface area contributed by atoms with E-state index in [0.29, 0.717) is 17.1 Å². The maximum absolute atomic E-state index is 10.7. The van der Waals surface area contributed by atoms with Crippen molar-refractivity contribution in [3.63, 3.8) is 0 Å². The molecule has 0 amide bonds. The molecule has 15 heavy (non-hydrogen) atoms.